The average molecular weight is 380 g/mol. The zero-order valence-corrected chi connectivity index (χ0v) is 13.7. The highest BCUT2D eigenvalue weighted by Gasteiger charge is 2.28. The predicted molar refractivity (Wildman–Crippen MR) is 84.4 cm³/mol. The Bertz CT molecular complexity index is 724. The Labute approximate surface area is 140 Å². The standard InChI is InChI=1S/C16H14BrNO5/c17-11-3-1-10(2-4-11)14-9-18(7-8-22-14)15(19)12-5-6-13(23-12)16(20)21/h1-6,14H,7-9H2,(H,20,21). The Morgan fingerprint density at radius 1 is 1.13 bits per heavy atom. The molecule has 1 aromatic heterocycles. The van der Waals surface area contributed by atoms with Crippen LogP contribution < -0.4 is 0 Å². The molecule has 1 amide bonds. The quantitative estimate of drug-likeness (QED) is 0.886. The van der Waals surface area contributed by atoms with Gasteiger partial charge in [-0.25, -0.2) is 4.79 Å². The summed E-state index contributed by atoms with van der Waals surface area (Å²) in [5, 5.41) is 8.86. The number of benzene rings is 1. The van der Waals surface area contributed by atoms with Gasteiger partial charge in [0.1, 0.15) is 6.10 Å². The highest BCUT2D eigenvalue weighted by Crippen LogP contribution is 2.25. The van der Waals surface area contributed by atoms with Gasteiger partial charge >= 0.3 is 5.97 Å². The molecule has 3 rings (SSSR count). The molecule has 1 saturated heterocycles. The van der Waals surface area contributed by atoms with Crippen LogP contribution in [0.1, 0.15) is 32.8 Å². The highest BCUT2D eigenvalue weighted by atomic mass is 79.9. The number of carboxylic acid groups (broad SMARTS) is 1. The first-order valence-corrected chi connectivity index (χ1v) is 7.83. The number of carbonyl (C=O) groups is 2. The minimum Gasteiger partial charge on any atom is -0.475 e. The van der Waals surface area contributed by atoms with E-state index in [1.165, 1.54) is 12.1 Å². The molecule has 7 heteroatoms. The molecule has 1 unspecified atom stereocenters. The number of hydrogen-bond acceptors (Lipinski definition) is 4. The van der Waals surface area contributed by atoms with Crippen LogP contribution in [0.5, 0.6) is 0 Å². The van der Waals surface area contributed by atoms with E-state index in [1.54, 1.807) is 4.90 Å². The van der Waals surface area contributed by atoms with Gasteiger partial charge in [-0.3, -0.25) is 4.79 Å². The predicted octanol–water partition coefficient (Wildman–Crippen LogP) is 2.95. The van der Waals surface area contributed by atoms with Crippen molar-refractivity contribution in [3.8, 4) is 0 Å². The minimum absolute atomic E-state index is 0.0267. The van der Waals surface area contributed by atoms with Crippen molar-refractivity contribution in [2.45, 2.75) is 6.10 Å². The molecule has 1 fully saturated rings. The van der Waals surface area contributed by atoms with Crippen molar-refractivity contribution in [3.63, 3.8) is 0 Å². The number of nitrogens with zero attached hydrogens (tertiary/aromatic N) is 1. The molecule has 2 heterocycles. The third-order valence-electron chi connectivity index (χ3n) is 3.62. The van der Waals surface area contributed by atoms with Crippen LogP contribution in [0.4, 0.5) is 0 Å². The lowest BCUT2D eigenvalue weighted by molar-refractivity contribution is -0.0238. The summed E-state index contributed by atoms with van der Waals surface area (Å²) in [6.07, 6.45) is -0.213. The van der Waals surface area contributed by atoms with Crippen molar-refractivity contribution in [2.75, 3.05) is 19.7 Å². The monoisotopic (exact) mass is 379 g/mol. The summed E-state index contributed by atoms with van der Waals surface area (Å²) in [5.74, 6) is -1.74. The SMILES string of the molecule is O=C(O)c1ccc(C(=O)N2CCOC(c3ccc(Br)cc3)C2)o1. The van der Waals surface area contributed by atoms with Gasteiger partial charge in [-0.15, -0.1) is 0 Å². The molecule has 0 radical (unpaired) electrons. The van der Waals surface area contributed by atoms with Crippen molar-refractivity contribution in [3.05, 3.63) is 58.0 Å². The van der Waals surface area contributed by atoms with Gasteiger partial charge in [0, 0.05) is 11.0 Å². The molecule has 1 aliphatic heterocycles. The van der Waals surface area contributed by atoms with E-state index in [2.05, 4.69) is 15.9 Å². The van der Waals surface area contributed by atoms with Crippen LogP contribution in [0, 0.1) is 0 Å². The molecular formula is C16H14BrNO5. The lowest BCUT2D eigenvalue weighted by atomic mass is 10.1. The van der Waals surface area contributed by atoms with Gasteiger partial charge in [0.25, 0.3) is 5.91 Å². The zero-order valence-electron chi connectivity index (χ0n) is 12.1. The first kappa shape index (κ1) is 15.8. The smallest absolute Gasteiger partial charge is 0.371 e. The largest absolute Gasteiger partial charge is 0.475 e. The van der Waals surface area contributed by atoms with Crippen molar-refractivity contribution >= 4 is 27.8 Å². The summed E-state index contributed by atoms with van der Waals surface area (Å²) in [5.41, 5.74) is 0.983. The summed E-state index contributed by atoms with van der Waals surface area (Å²) < 4.78 is 11.8. The van der Waals surface area contributed by atoms with Crippen LogP contribution in [-0.2, 0) is 4.74 Å². The molecule has 1 atom stereocenters. The maximum Gasteiger partial charge on any atom is 0.371 e. The Kier molecular flexibility index (Phi) is 4.49. The molecule has 0 aliphatic carbocycles. The lowest BCUT2D eigenvalue weighted by Crippen LogP contribution is -2.42. The van der Waals surface area contributed by atoms with Gasteiger partial charge in [0.05, 0.1) is 13.2 Å². The molecule has 6 nitrogen and oxygen atoms in total. The van der Waals surface area contributed by atoms with E-state index in [4.69, 9.17) is 14.3 Å². The average Bonchev–Trinajstić information content (AvgIpc) is 3.05. The number of aromatic carboxylic acids is 1. The van der Waals surface area contributed by atoms with E-state index in [0.29, 0.717) is 19.7 Å². The van der Waals surface area contributed by atoms with Crippen LogP contribution in [0.3, 0.4) is 0 Å². The fraction of sp³-hybridized carbons (Fsp3) is 0.250. The first-order chi connectivity index (χ1) is 11.0. The van der Waals surface area contributed by atoms with E-state index in [-0.39, 0.29) is 23.5 Å². The van der Waals surface area contributed by atoms with Crippen LogP contribution in [0.25, 0.3) is 0 Å². The van der Waals surface area contributed by atoms with Gasteiger partial charge in [-0.05, 0) is 29.8 Å². The molecule has 1 N–H and O–H groups in total. The van der Waals surface area contributed by atoms with E-state index in [9.17, 15) is 9.59 Å². The summed E-state index contributed by atoms with van der Waals surface area (Å²) in [6, 6.07) is 10.4. The number of ether oxygens (including phenoxy) is 1. The molecular weight excluding hydrogens is 366 g/mol. The number of amides is 1. The molecule has 2 aromatic rings. The van der Waals surface area contributed by atoms with Crippen molar-refractivity contribution in [2.24, 2.45) is 0 Å². The third-order valence-corrected chi connectivity index (χ3v) is 4.15. The number of rotatable bonds is 3. The minimum atomic E-state index is -1.20. The fourth-order valence-corrected chi connectivity index (χ4v) is 2.70. The van der Waals surface area contributed by atoms with Crippen molar-refractivity contribution < 1.29 is 23.8 Å². The second-order valence-electron chi connectivity index (χ2n) is 5.13. The molecule has 1 aliphatic rings. The summed E-state index contributed by atoms with van der Waals surface area (Å²) in [7, 11) is 0. The number of hydrogen-bond donors (Lipinski definition) is 1. The first-order valence-electron chi connectivity index (χ1n) is 7.04. The Morgan fingerprint density at radius 2 is 1.83 bits per heavy atom. The number of carboxylic acids is 1. The van der Waals surface area contributed by atoms with Gasteiger partial charge in [-0.1, -0.05) is 28.1 Å². The fourth-order valence-electron chi connectivity index (χ4n) is 2.44. The Morgan fingerprint density at radius 3 is 2.48 bits per heavy atom. The molecule has 23 heavy (non-hydrogen) atoms. The van der Waals surface area contributed by atoms with Crippen LogP contribution in [-0.4, -0.2) is 41.6 Å². The maximum atomic E-state index is 12.4. The third kappa shape index (κ3) is 3.46. The molecule has 0 spiro atoms. The van der Waals surface area contributed by atoms with Crippen LogP contribution in [0.2, 0.25) is 0 Å². The topological polar surface area (TPSA) is 80.0 Å². The van der Waals surface area contributed by atoms with E-state index in [0.717, 1.165) is 10.0 Å². The normalized spacial score (nSPS) is 18.0. The number of halogens is 1. The van der Waals surface area contributed by atoms with E-state index >= 15 is 0 Å². The molecule has 120 valence electrons. The number of furan rings is 1. The number of morpholine rings is 1. The van der Waals surface area contributed by atoms with Crippen LogP contribution in [0.15, 0.2) is 45.3 Å². The van der Waals surface area contributed by atoms with Gasteiger partial charge in [-0.2, -0.15) is 0 Å². The van der Waals surface area contributed by atoms with Crippen LogP contribution >= 0.6 is 15.9 Å². The number of carbonyl (C=O) groups excluding carboxylic acids is 1. The zero-order chi connectivity index (χ0) is 16.4. The summed E-state index contributed by atoms with van der Waals surface area (Å²) in [4.78, 5) is 24.9. The Hall–Kier alpha value is -2.12. The van der Waals surface area contributed by atoms with Crippen molar-refractivity contribution in [1.29, 1.82) is 0 Å². The summed E-state index contributed by atoms with van der Waals surface area (Å²) in [6.45, 7) is 1.25. The highest BCUT2D eigenvalue weighted by molar-refractivity contribution is 9.10. The van der Waals surface area contributed by atoms with Gasteiger partial charge in [0.15, 0.2) is 5.76 Å². The van der Waals surface area contributed by atoms with E-state index < -0.39 is 5.97 Å². The molecule has 0 bridgehead atoms. The summed E-state index contributed by atoms with van der Waals surface area (Å²) >= 11 is 3.38. The van der Waals surface area contributed by atoms with Gasteiger partial charge in [0.2, 0.25) is 5.76 Å². The maximum absolute atomic E-state index is 12.4. The molecule has 0 saturated carbocycles. The van der Waals surface area contributed by atoms with Crippen molar-refractivity contribution in [1.82, 2.24) is 4.90 Å². The lowest BCUT2D eigenvalue weighted by Gasteiger charge is -2.32. The van der Waals surface area contributed by atoms with E-state index in [1.807, 2.05) is 24.3 Å². The second-order valence-corrected chi connectivity index (χ2v) is 6.05. The molecule has 1 aromatic carbocycles. The Balaban J connectivity index is 1.73. The second kappa shape index (κ2) is 6.55. The van der Waals surface area contributed by atoms with Gasteiger partial charge < -0.3 is 19.2 Å².